The van der Waals surface area contributed by atoms with Gasteiger partial charge < -0.3 is 24.8 Å². The highest BCUT2D eigenvalue weighted by atomic mass is 35.5. The first-order chi connectivity index (χ1) is 18.3. The first-order valence-electron chi connectivity index (χ1n) is 12.6. The molecule has 5 atom stereocenters. The van der Waals surface area contributed by atoms with Crippen molar-refractivity contribution >= 4 is 28.7 Å². The van der Waals surface area contributed by atoms with E-state index in [1.165, 1.54) is 23.7 Å². The summed E-state index contributed by atoms with van der Waals surface area (Å²) in [6.45, 7) is -0.368. The quantitative estimate of drug-likeness (QED) is 0.276. The minimum Gasteiger partial charge on any atom is -0.479 e. The smallest absolute Gasteiger partial charge is 0.333 e. The van der Waals surface area contributed by atoms with Crippen LogP contribution in [0.15, 0.2) is 36.7 Å². The van der Waals surface area contributed by atoms with Crippen molar-refractivity contribution in [2.45, 2.75) is 68.7 Å². The van der Waals surface area contributed by atoms with Gasteiger partial charge in [0.1, 0.15) is 17.7 Å². The molecular weight excluding hydrogens is 512 g/mol. The predicted octanol–water partition coefficient (Wildman–Crippen LogP) is 2.55. The summed E-state index contributed by atoms with van der Waals surface area (Å²) in [6.07, 6.45) is 7.31. The molecule has 0 amide bonds. The van der Waals surface area contributed by atoms with Gasteiger partial charge in [-0.05, 0) is 29.5 Å². The molecule has 0 radical (unpaired) electrons. The number of hydrogen-bond donors (Lipinski definition) is 3. The van der Waals surface area contributed by atoms with Crippen LogP contribution in [0.25, 0.3) is 11.2 Å². The van der Waals surface area contributed by atoms with Gasteiger partial charge in [-0.25, -0.2) is 14.8 Å². The third-order valence-corrected chi connectivity index (χ3v) is 7.60. The number of rotatable bonds is 9. The average molecular weight is 541 g/mol. The number of nitrogens with zero attached hydrogens (tertiary/aromatic N) is 4. The highest BCUT2D eigenvalue weighted by molar-refractivity contribution is 6.28. The average Bonchev–Trinajstić information content (AvgIpc) is 3.62. The summed E-state index contributed by atoms with van der Waals surface area (Å²) >= 11 is 6.25. The van der Waals surface area contributed by atoms with Gasteiger partial charge in [0.25, 0.3) is 0 Å². The second-order valence-electron chi connectivity index (χ2n) is 9.90. The van der Waals surface area contributed by atoms with Crippen LogP contribution in [0.3, 0.4) is 0 Å². The molecule has 38 heavy (non-hydrogen) atoms. The molecule has 3 aromatic rings. The van der Waals surface area contributed by atoms with Gasteiger partial charge in [0, 0.05) is 6.42 Å². The van der Waals surface area contributed by atoms with Crippen LogP contribution in [0.4, 0.5) is 0 Å². The molecule has 1 saturated heterocycles. The Labute approximate surface area is 224 Å². The van der Waals surface area contributed by atoms with Crippen LogP contribution in [-0.2, 0) is 27.1 Å². The third-order valence-electron chi connectivity index (χ3n) is 7.43. The molecule has 10 nitrogen and oxygen atoms in total. The number of aliphatic hydroxyl groups excluding tert-OH is 1. The summed E-state index contributed by atoms with van der Waals surface area (Å²) in [5.74, 6) is 1.54. The van der Waals surface area contributed by atoms with Crippen LogP contribution in [-0.4, -0.2) is 71.3 Å². The summed E-state index contributed by atoms with van der Waals surface area (Å²) < 4.78 is 13.1. The van der Waals surface area contributed by atoms with Gasteiger partial charge in [-0.2, -0.15) is 4.98 Å². The minimum absolute atomic E-state index is 0.0389. The van der Waals surface area contributed by atoms with Crippen LogP contribution in [0.5, 0.6) is 0 Å². The third kappa shape index (κ3) is 5.13. The Hall–Kier alpha value is -3.07. The Balaban J connectivity index is 1.38. The standard InChI is InChI=1S/C27H29ClN4O6/c1-2-27(36)20(14-37-19(25(34)35)13-17-8-4-3-5-9-17)38-24(22(27)33)32-15-29-21-18(12-16-10-6-7-11-16)30-26(28)31-23(21)32/h1,3-5,8-9,15-16,19-20,22,24,33,36H,6-7,10-14H2,(H,34,35)/t19?,20-,22+,24-,27-/m1/s1. The van der Waals surface area contributed by atoms with Gasteiger partial charge in [-0.15, -0.1) is 6.42 Å². The number of imidazole rings is 1. The highest BCUT2D eigenvalue weighted by Gasteiger charge is 2.56. The van der Waals surface area contributed by atoms with Gasteiger partial charge in [-0.3, -0.25) is 4.57 Å². The van der Waals surface area contributed by atoms with E-state index in [1.54, 1.807) is 24.3 Å². The topological polar surface area (TPSA) is 140 Å². The van der Waals surface area contributed by atoms with E-state index in [0.29, 0.717) is 23.5 Å². The molecule has 1 saturated carbocycles. The maximum atomic E-state index is 11.8. The van der Waals surface area contributed by atoms with Gasteiger partial charge >= 0.3 is 5.97 Å². The largest absolute Gasteiger partial charge is 0.479 e. The molecule has 200 valence electrons. The molecule has 1 aliphatic carbocycles. The summed E-state index contributed by atoms with van der Waals surface area (Å²) in [5, 5.41) is 32.0. The lowest BCUT2D eigenvalue weighted by molar-refractivity contribution is -0.156. The SMILES string of the molecule is C#C[C@@]1(O)[C@@H](COC(Cc2ccccc2)C(=O)O)O[C@@H](n2cnc3c(CC4CCCC4)nc(Cl)nc32)[C@@H]1O. The van der Waals surface area contributed by atoms with Crippen molar-refractivity contribution in [1.82, 2.24) is 19.5 Å². The number of carbonyl (C=O) groups is 1. The molecule has 3 heterocycles. The number of aliphatic carboxylic acids is 1. The molecule has 1 unspecified atom stereocenters. The van der Waals surface area contributed by atoms with Gasteiger partial charge in [0.2, 0.25) is 5.28 Å². The normalized spacial score (nSPS) is 26.5. The Bertz CT molecular complexity index is 1340. The molecule has 2 fully saturated rings. The maximum absolute atomic E-state index is 11.8. The van der Waals surface area contributed by atoms with E-state index in [4.69, 9.17) is 27.5 Å². The van der Waals surface area contributed by atoms with Crippen LogP contribution >= 0.6 is 11.6 Å². The monoisotopic (exact) mass is 540 g/mol. The maximum Gasteiger partial charge on any atom is 0.333 e. The van der Waals surface area contributed by atoms with Crippen molar-refractivity contribution in [3.63, 3.8) is 0 Å². The van der Waals surface area contributed by atoms with E-state index in [2.05, 4.69) is 20.9 Å². The highest BCUT2D eigenvalue weighted by Crippen LogP contribution is 2.39. The Morgan fingerprint density at radius 3 is 2.71 bits per heavy atom. The molecule has 0 bridgehead atoms. The van der Waals surface area contributed by atoms with Crippen molar-refractivity contribution in [2.24, 2.45) is 5.92 Å². The zero-order valence-corrected chi connectivity index (χ0v) is 21.4. The van der Waals surface area contributed by atoms with E-state index in [1.807, 2.05) is 6.07 Å². The van der Waals surface area contributed by atoms with Crippen molar-refractivity contribution in [3.05, 3.63) is 53.2 Å². The number of ether oxygens (including phenoxy) is 2. The predicted molar refractivity (Wildman–Crippen MR) is 137 cm³/mol. The lowest BCUT2D eigenvalue weighted by atomic mass is 9.93. The lowest BCUT2D eigenvalue weighted by Crippen LogP contribution is -2.48. The number of carboxylic acids is 1. The Kier molecular flexibility index (Phi) is 7.66. The van der Waals surface area contributed by atoms with Crippen LogP contribution in [0.1, 0.15) is 43.2 Å². The lowest BCUT2D eigenvalue weighted by Gasteiger charge is -2.26. The van der Waals surface area contributed by atoms with Gasteiger partial charge in [0.15, 0.2) is 23.6 Å². The van der Waals surface area contributed by atoms with Gasteiger partial charge in [-0.1, -0.05) is 61.9 Å². The molecule has 3 N–H and O–H groups in total. The zero-order chi connectivity index (χ0) is 26.9. The number of carboxylic acid groups (broad SMARTS) is 1. The van der Waals surface area contributed by atoms with E-state index in [9.17, 15) is 20.1 Å². The Morgan fingerprint density at radius 2 is 2.03 bits per heavy atom. The summed E-state index contributed by atoms with van der Waals surface area (Å²) in [4.78, 5) is 25.0. The molecule has 2 aliphatic rings. The van der Waals surface area contributed by atoms with Crippen LogP contribution in [0, 0.1) is 18.3 Å². The van der Waals surface area contributed by atoms with E-state index in [0.717, 1.165) is 24.1 Å². The fourth-order valence-corrected chi connectivity index (χ4v) is 5.51. The molecule has 1 aromatic carbocycles. The molecule has 11 heteroatoms. The van der Waals surface area contributed by atoms with Crippen molar-refractivity contribution < 1.29 is 29.6 Å². The summed E-state index contributed by atoms with van der Waals surface area (Å²) in [7, 11) is 0. The fraction of sp³-hybridized carbons (Fsp3) is 0.481. The molecular formula is C27H29ClN4O6. The zero-order valence-electron chi connectivity index (χ0n) is 20.6. The molecule has 5 rings (SSSR count). The molecule has 0 spiro atoms. The first kappa shape index (κ1) is 26.5. The number of fused-ring (bicyclic) bond motifs is 1. The number of aromatic nitrogens is 4. The van der Waals surface area contributed by atoms with Crippen LogP contribution in [0.2, 0.25) is 5.28 Å². The van der Waals surface area contributed by atoms with Gasteiger partial charge in [0.05, 0.1) is 18.6 Å². The van der Waals surface area contributed by atoms with Crippen molar-refractivity contribution in [3.8, 4) is 12.3 Å². The fourth-order valence-electron chi connectivity index (χ4n) is 5.33. The number of hydrogen-bond acceptors (Lipinski definition) is 8. The molecule has 1 aliphatic heterocycles. The number of aliphatic hydroxyl groups is 2. The van der Waals surface area contributed by atoms with Crippen LogP contribution < -0.4 is 0 Å². The number of terminal acetylenes is 1. The second kappa shape index (κ2) is 11.0. The number of halogens is 1. The summed E-state index contributed by atoms with van der Waals surface area (Å²) in [5.41, 5.74) is 0.216. The van der Waals surface area contributed by atoms with E-state index >= 15 is 0 Å². The summed E-state index contributed by atoms with van der Waals surface area (Å²) in [6, 6.07) is 9.02. The molecule has 2 aromatic heterocycles. The van der Waals surface area contributed by atoms with Crippen molar-refractivity contribution in [2.75, 3.05) is 6.61 Å². The number of benzene rings is 1. The van der Waals surface area contributed by atoms with Crippen molar-refractivity contribution in [1.29, 1.82) is 0 Å². The van der Waals surface area contributed by atoms with E-state index < -0.39 is 36.1 Å². The first-order valence-corrected chi connectivity index (χ1v) is 13.0. The second-order valence-corrected chi connectivity index (χ2v) is 10.2. The minimum atomic E-state index is -2.15. The van der Waals surface area contributed by atoms with E-state index in [-0.39, 0.29) is 18.3 Å². The Morgan fingerprint density at radius 1 is 1.29 bits per heavy atom.